The Labute approximate surface area is 222 Å². The number of ketones is 1. The lowest BCUT2D eigenvalue weighted by atomic mass is 9.62. The standard InChI is InChI=1S/C28H36N6O2S/c1-14(12-18-15(2)23(18)30)16(3)36-27-33-11-8-20(34-27)24(35)17-6-4-9-28(25(17)31)10-5-7-21-22(28)19(13-29)26(32)37-21/h8,11,14-16,18,23H,4-7,9-10,12,30-32H2,1-3H3/t14-,15-,16-,18+,23-,28-/m0/s1. The van der Waals surface area contributed by atoms with Crippen molar-refractivity contribution in [1.29, 1.82) is 5.26 Å². The van der Waals surface area contributed by atoms with E-state index in [4.69, 9.17) is 21.9 Å². The van der Waals surface area contributed by atoms with Crippen molar-refractivity contribution in [2.24, 2.45) is 29.2 Å². The molecule has 5 rings (SSSR count). The number of nitrogen functional groups attached to an aromatic ring is 1. The van der Waals surface area contributed by atoms with Gasteiger partial charge in [0.2, 0.25) is 5.78 Å². The van der Waals surface area contributed by atoms with Gasteiger partial charge in [-0.1, -0.05) is 13.8 Å². The zero-order valence-electron chi connectivity index (χ0n) is 21.8. The second-order valence-electron chi connectivity index (χ2n) is 11.1. The number of carbonyl (C=O) groups is 1. The molecular weight excluding hydrogens is 484 g/mol. The average Bonchev–Trinajstić information content (AvgIpc) is 3.28. The van der Waals surface area contributed by atoms with E-state index in [0.717, 1.165) is 49.0 Å². The lowest BCUT2D eigenvalue weighted by molar-refractivity contribution is 0.101. The van der Waals surface area contributed by atoms with Gasteiger partial charge in [0.15, 0.2) is 0 Å². The fourth-order valence-electron chi connectivity index (χ4n) is 6.38. The Balaban J connectivity index is 1.40. The van der Waals surface area contributed by atoms with Crippen LogP contribution in [0.2, 0.25) is 0 Å². The molecule has 6 atom stereocenters. The van der Waals surface area contributed by atoms with Crippen molar-refractivity contribution in [3.8, 4) is 12.1 Å². The molecule has 9 heteroatoms. The number of hydrogen-bond acceptors (Lipinski definition) is 9. The van der Waals surface area contributed by atoms with Gasteiger partial charge in [-0.05, 0) is 81.3 Å². The minimum atomic E-state index is -0.521. The number of carbonyl (C=O) groups excluding carboxylic acids is 1. The highest BCUT2D eigenvalue weighted by Crippen LogP contribution is 2.53. The van der Waals surface area contributed by atoms with Crippen LogP contribution in [0.4, 0.5) is 5.00 Å². The SMILES string of the molecule is C[C@@H]1[C@H](N)[C@@H]1C[C@H](C)[C@H](C)Oc1nccc(C(=O)C2=C(N)[C@@]3(CCC2)CCCc2sc(N)c(C#N)c23)n1. The topological polar surface area (TPSA) is 154 Å². The molecule has 1 spiro atoms. The normalized spacial score (nSPS) is 28.4. The van der Waals surface area contributed by atoms with Crippen LogP contribution in [0.25, 0.3) is 0 Å². The van der Waals surface area contributed by atoms with Crippen molar-refractivity contribution in [2.75, 3.05) is 5.73 Å². The lowest BCUT2D eigenvalue weighted by Crippen LogP contribution is -2.40. The first-order valence-corrected chi connectivity index (χ1v) is 14.1. The molecule has 1 saturated carbocycles. The summed E-state index contributed by atoms with van der Waals surface area (Å²) >= 11 is 1.48. The maximum Gasteiger partial charge on any atom is 0.317 e. The fourth-order valence-corrected chi connectivity index (χ4v) is 7.54. The molecule has 3 aliphatic rings. The number of Topliss-reactive ketones (excluding diaryl/α,β-unsaturated/α-hetero) is 1. The number of allylic oxidation sites excluding steroid dienone is 2. The molecule has 196 valence electrons. The Morgan fingerprint density at radius 1 is 1.30 bits per heavy atom. The molecule has 0 radical (unpaired) electrons. The van der Waals surface area contributed by atoms with Gasteiger partial charge >= 0.3 is 6.01 Å². The van der Waals surface area contributed by atoms with Crippen LogP contribution < -0.4 is 21.9 Å². The molecular formula is C28H36N6O2S. The van der Waals surface area contributed by atoms with Crippen LogP contribution in [0.1, 0.15) is 85.8 Å². The van der Waals surface area contributed by atoms with Gasteiger partial charge in [0.1, 0.15) is 22.9 Å². The Morgan fingerprint density at radius 3 is 2.68 bits per heavy atom. The third-order valence-electron chi connectivity index (χ3n) is 8.99. The van der Waals surface area contributed by atoms with Gasteiger partial charge < -0.3 is 21.9 Å². The number of rotatable bonds is 7. The molecule has 0 aromatic carbocycles. The van der Waals surface area contributed by atoms with Crippen molar-refractivity contribution in [3.63, 3.8) is 0 Å². The van der Waals surface area contributed by atoms with E-state index in [9.17, 15) is 10.1 Å². The van der Waals surface area contributed by atoms with E-state index < -0.39 is 5.41 Å². The first kappa shape index (κ1) is 25.7. The number of hydrogen-bond donors (Lipinski definition) is 3. The summed E-state index contributed by atoms with van der Waals surface area (Å²) in [5.74, 6) is 1.17. The summed E-state index contributed by atoms with van der Waals surface area (Å²) in [5.41, 5.74) is 21.5. The lowest BCUT2D eigenvalue weighted by Gasteiger charge is -2.42. The minimum Gasteiger partial charge on any atom is -0.460 e. The predicted octanol–water partition coefficient (Wildman–Crippen LogP) is 4.23. The summed E-state index contributed by atoms with van der Waals surface area (Å²) in [6.45, 7) is 6.34. The summed E-state index contributed by atoms with van der Waals surface area (Å²) in [6.07, 6.45) is 7.30. The van der Waals surface area contributed by atoms with Crippen molar-refractivity contribution in [1.82, 2.24) is 9.97 Å². The van der Waals surface area contributed by atoms with Crippen LogP contribution in [0.3, 0.4) is 0 Å². The van der Waals surface area contributed by atoms with Gasteiger partial charge in [0, 0.05) is 33.8 Å². The number of nitrogens with two attached hydrogens (primary N) is 3. The van der Waals surface area contributed by atoms with Gasteiger partial charge in [0.05, 0.1) is 5.56 Å². The monoisotopic (exact) mass is 520 g/mol. The molecule has 2 aromatic heterocycles. The Hall–Kier alpha value is -2.96. The van der Waals surface area contributed by atoms with Gasteiger partial charge in [-0.2, -0.15) is 10.2 Å². The van der Waals surface area contributed by atoms with E-state index in [1.165, 1.54) is 11.3 Å². The number of anilines is 1. The van der Waals surface area contributed by atoms with Gasteiger partial charge in [-0.25, -0.2) is 4.98 Å². The van der Waals surface area contributed by atoms with E-state index in [0.29, 0.717) is 40.1 Å². The number of aromatic nitrogens is 2. The Kier molecular flexibility index (Phi) is 6.75. The van der Waals surface area contributed by atoms with Crippen molar-refractivity contribution in [3.05, 3.63) is 45.2 Å². The maximum absolute atomic E-state index is 13.7. The molecule has 0 bridgehead atoms. The largest absolute Gasteiger partial charge is 0.460 e. The highest BCUT2D eigenvalue weighted by atomic mass is 32.1. The zero-order chi connectivity index (χ0) is 26.5. The second kappa shape index (κ2) is 9.73. The minimum absolute atomic E-state index is 0.110. The van der Waals surface area contributed by atoms with E-state index in [1.807, 2.05) is 6.92 Å². The number of aryl methyl sites for hydroxylation is 1. The third-order valence-corrected chi connectivity index (χ3v) is 10.1. The van der Waals surface area contributed by atoms with Gasteiger partial charge in [-0.3, -0.25) is 4.79 Å². The van der Waals surface area contributed by atoms with E-state index in [2.05, 4.69) is 29.9 Å². The Morgan fingerprint density at radius 2 is 2.00 bits per heavy atom. The van der Waals surface area contributed by atoms with Crippen LogP contribution in [-0.4, -0.2) is 27.9 Å². The Bertz CT molecular complexity index is 1290. The number of nitriles is 1. The molecule has 0 aliphatic heterocycles. The molecule has 37 heavy (non-hydrogen) atoms. The molecule has 2 heterocycles. The quantitative estimate of drug-likeness (QED) is 0.458. The van der Waals surface area contributed by atoms with E-state index in [1.54, 1.807) is 12.3 Å². The number of fused-ring (bicyclic) bond motifs is 2. The predicted molar refractivity (Wildman–Crippen MR) is 144 cm³/mol. The fraction of sp³-hybridized carbons (Fsp3) is 0.571. The average molecular weight is 521 g/mol. The van der Waals surface area contributed by atoms with Crippen LogP contribution in [0.15, 0.2) is 23.5 Å². The number of nitrogens with zero attached hydrogens (tertiary/aromatic N) is 3. The molecule has 8 nitrogen and oxygen atoms in total. The highest BCUT2D eigenvalue weighted by molar-refractivity contribution is 7.16. The summed E-state index contributed by atoms with van der Waals surface area (Å²) in [7, 11) is 0. The second-order valence-corrected chi connectivity index (χ2v) is 12.3. The van der Waals surface area contributed by atoms with E-state index in [-0.39, 0.29) is 35.6 Å². The van der Waals surface area contributed by atoms with Crippen molar-refractivity contribution >= 4 is 22.1 Å². The molecule has 6 N–H and O–H groups in total. The van der Waals surface area contributed by atoms with Crippen molar-refractivity contribution in [2.45, 2.75) is 83.3 Å². The smallest absolute Gasteiger partial charge is 0.317 e. The summed E-state index contributed by atoms with van der Waals surface area (Å²) < 4.78 is 6.06. The molecule has 1 fully saturated rings. The first-order valence-electron chi connectivity index (χ1n) is 13.3. The van der Waals surface area contributed by atoms with Crippen LogP contribution >= 0.6 is 11.3 Å². The summed E-state index contributed by atoms with van der Waals surface area (Å²) in [6, 6.07) is 4.39. The molecule has 0 saturated heterocycles. The third kappa shape index (κ3) is 4.40. The van der Waals surface area contributed by atoms with Crippen LogP contribution in [0.5, 0.6) is 6.01 Å². The number of ether oxygens (including phenoxy) is 1. The maximum atomic E-state index is 13.7. The molecule has 2 aromatic rings. The number of thiophene rings is 1. The van der Waals surface area contributed by atoms with Crippen LogP contribution in [0, 0.1) is 29.1 Å². The van der Waals surface area contributed by atoms with Gasteiger partial charge in [-0.15, -0.1) is 11.3 Å². The summed E-state index contributed by atoms with van der Waals surface area (Å²) in [5, 5.41) is 10.4. The molecule has 0 unspecified atom stereocenters. The van der Waals surface area contributed by atoms with Gasteiger partial charge in [0.25, 0.3) is 0 Å². The van der Waals surface area contributed by atoms with E-state index >= 15 is 0 Å². The first-order chi connectivity index (χ1) is 17.7. The zero-order valence-corrected chi connectivity index (χ0v) is 22.6. The highest BCUT2D eigenvalue weighted by Gasteiger charge is 2.46. The van der Waals surface area contributed by atoms with Crippen molar-refractivity contribution < 1.29 is 9.53 Å². The molecule has 0 amide bonds. The molecule has 3 aliphatic carbocycles. The summed E-state index contributed by atoms with van der Waals surface area (Å²) in [4.78, 5) is 23.6. The van der Waals surface area contributed by atoms with Crippen LogP contribution in [-0.2, 0) is 11.8 Å².